The summed E-state index contributed by atoms with van der Waals surface area (Å²) in [6.07, 6.45) is 0.985. The maximum absolute atomic E-state index is 8.90. The van der Waals surface area contributed by atoms with Gasteiger partial charge in [0.15, 0.2) is 0 Å². The lowest BCUT2D eigenvalue weighted by molar-refractivity contribution is 0.319. The molecule has 0 saturated heterocycles. The number of hydrogen-bond acceptors (Lipinski definition) is 3. The van der Waals surface area contributed by atoms with Crippen molar-refractivity contribution in [1.29, 1.82) is 5.26 Å². The maximum atomic E-state index is 8.90. The van der Waals surface area contributed by atoms with Crippen LogP contribution in [0.4, 0.5) is 5.69 Å². The first-order chi connectivity index (χ1) is 9.83. The van der Waals surface area contributed by atoms with Crippen LogP contribution in [0.2, 0.25) is 0 Å². The van der Waals surface area contributed by atoms with Crippen LogP contribution < -0.4 is 10.1 Å². The molecule has 0 spiro atoms. The van der Waals surface area contributed by atoms with Gasteiger partial charge in [-0.3, -0.25) is 0 Å². The summed E-state index contributed by atoms with van der Waals surface area (Å²) in [4.78, 5) is 0. The summed E-state index contributed by atoms with van der Waals surface area (Å²) in [6.45, 7) is 3.47. The first-order valence-electron chi connectivity index (χ1n) is 6.78. The summed E-state index contributed by atoms with van der Waals surface area (Å²) < 4.78 is 5.70. The lowest BCUT2D eigenvalue weighted by atomic mass is 10.1. The van der Waals surface area contributed by atoms with Gasteiger partial charge in [0.25, 0.3) is 0 Å². The van der Waals surface area contributed by atoms with Crippen molar-refractivity contribution in [1.82, 2.24) is 0 Å². The average Bonchev–Trinajstić information content (AvgIpc) is 2.52. The number of nitriles is 1. The highest BCUT2D eigenvalue weighted by atomic mass is 16.5. The number of rotatable bonds is 6. The van der Waals surface area contributed by atoms with Crippen molar-refractivity contribution in [3.63, 3.8) is 0 Å². The van der Waals surface area contributed by atoms with E-state index in [9.17, 15) is 0 Å². The average molecular weight is 266 g/mol. The molecule has 0 unspecified atom stereocenters. The first-order valence-corrected chi connectivity index (χ1v) is 6.78. The van der Waals surface area contributed by atoms with Gasteiger partial charge in [-0.25, -0.2) is 0 Å². The van der Waals surface area contributed by atoms with Gasteiger partial charge in [-0.05, 0) is 36.2 Å². The summed E-state index contributed by atoms with van der Waals surface area (Å²) in [6, 6.07) is 17.7. The van der Waals surface area contributed by atoms with Crippen molar-refractivity contribution >= 4 is 5.69 Å². The van der Waals surface area contributed by atoms with Gasteiger partial charge in [0.2, 0.25) is 0 Å². The molecule has 0 aliphatic heterocycles. The zero-order chi connectivity index (χ0) is 14.2. The van der Waals surface area contributed by atoms with E-state index in [2.05, 4.69) is 18.3 Å². The van der Waals surface area contributed by atoms with E-state index >= 15 is 0 Å². The molecule has 0 aliphatic rings. The molecule has 2 aromatic carbocycles. The second kappa shape index (κ2) is 7.20. The topological polar surface area (TPSA) is 45.0 Å². The molecule has 3 nitrogen and oxygen atoms in total. The third kappa shape index (κ3) is 3.76. The standard InChI is InChI=1S/C17H18N2O/c1-2-10-20-17-9-4-3-8-16(17)19-13-15-7-5-6-14(11-15)12-18/h3-9,11,19H,2,10,13H2,1H3. The van der Waals surface area contributed by atoms with Crippen LogP contribution in [-0.2, 0) is 6.54 Å². The Bertz CT molecular complexity index is 602. The van der Waals surface area contributed by atoms with Gasteiger partial charge >= 0.3 is 0 Å². The molecule has 0 amide bonds. The molecule has 0 aliphatic carbocycles. The zero-order valence-corrected chi connectivity index (χ0v) is 11.6. The Morgan fingerprint density at radius 3 is 2.80 bits per heavy atom. The number of ether oxygens (including phenoxy) is 1. The third-order valence-electron chi connectivity index (χ3n) is 2.89. The highest BCUT2D eigenvalue weighted by Crippen LogP contribution is 2.24. The fourth-order valence-electron chi connectivity index (χ4n) is 1.90. The van der Waals surface area contributed by atoms with Crippen molar-refractivity contribution < 1.29 is 4.74 Å². The Hall–Kier alpha value is -2.47. The van der Waals surface area contributed by atoms with Crippen LogP contribution in [0.25, 0.3) is 0 Å². The minimum absolute atomic E-state index is 0.669. The van der Waals surface area contributed by atoms with E-state index in [0.717, 1.165) is 23.4 Å². The SMILES string of the molecule is CCCOc1ccccc1NCc1cccc(C#N)c1. The second-order valence-electron chi connectivity index (χ2n) is 4.51. The minimum Gasteiger partial charge on any atom is -0.491 e. The largest absolute Gasteiger partial charge is 0.491 e. The lowest BCUT2D eigenvalue weighted by Crippen LogP contribution is -2.03. The van der Waals surface area contributed by atoms with E-state index < -0.39 is 0 Å². The second-order valence-corrected chi connectivity index (χ2v) is 4.51. The van der Waals surface area contributed by atoms with Gasteiger partial charge in [0.1, 0.15) is 5.75 Å². The van der Waals surface area contributed by atoms with E-state index in [-0.39, 0.29) is 0 Å². The third-order valence-corrected chi connectivity index (χ3v) is 2.89. The number of para-hydroxylation sites is 2. The maximum Gasteiger partial charge on any atom is 0.142 e. The normalized spacial score (nSPS) is 9.80. The van der Waals surface area contributed by atoms with E-state index in [1.54, 1.807) is 0 Å². The molecule has 0 aromatic heterocycles. The van der Waals surface area contributed by atoms with Gasteiger partial charge in [-0.2, -0.15) is 5.26 Å². The smallest absolute Gasteiger partial charge is 0.142 e. The van der Waals surface area contributed by atoms with Crippen LogP contribution in [0.15, 0.2) is 48.5 Å². The molecule has 2 aromatic rings. The van der Waals surface area contributed by atoms with Gasteiger partial charge in [-0.15, -0.1) is 0 Å². The highest BCUT2D eigenvalue weighted by Gasteiger charge is 2.02. The van der Waals surface area contributed by atoms with E-state index in [1.807, 2.05) is 48.5 Å². The highest BCUT2D eigenvalue weighted by molar-refractivity contribution is 5.56. The predicted molar refractivity (Wildman–Crippen MR) is 80.7 cm³/mol. The fraction of sp³-hybridized carbons (Fsp3) is 0.235. The molecule has 20 heavy (non-hydrogen) atoms. The predicted octanol–water partition coefficient (Wildman–Crippen LogP) is 3.96. The molecule has 102 valence electrons. The van der Waals surface area contributed by atoms with Crippen molar-refractivity contribution in [2.45, 2.75) is 19.9 Å². The molecule has 0 saturated carbocycles. The Morgan fingerprint density at radius 1 is 1.15 bits per heavy atom. The molecule has 1 N–H and O–H groups in total. The van der Waals surface area contributed by atoms with Gasteiger partial charge in [0, 0.05) is 6.54 Å². The monoisotopic (exact) mass is 266 g/mol. The zero-order valence-electron chi connectivity index (χ0n) is 11.6. The van der Waals surface area contributed by atoms with Crippen LogP contribution in [0.3, 0.4) is 0 Å². The van der Waals surface area contributed by atoms with Crippen LogP contribution >= 0.6 is 0 Å². The lowest BCUT2D eigenvalue weighted by Gasteiger charge is -2.12. The van der Waals surface area contributed by atoms with Crippen molar-refractivity contribution in [2.24, 2.45) is 0 Å². The summed E-state index contributed by atoms with van der Waals surface area (Å²) >= 11 is 0. The molecule has 0 radical (unpaired) electrons. The molecular weight excluding hydrogens is 248 g/mol. The molecule has 0 atom stereocenters. The van der Waals surface area contributed by atoms with E-state index in [4.69, 9.17) is 10.00 Å². The van der Waals surface area contributed by atoms with E-state index in [0.29, 0.717) is 18.7 Å². The van der Waals surface area contributed by atoms with Crippen molar-refractivity contribution in [3.05, 3.63) is 59.7 Å². The van der Waals surface area contributed by atoms with Crippen molar-refractivity contribution in [2.75, 3.05) is 11.9 Å². The van der Waals surface area contributed by atoms with Gasteiger partial charge in [0.05, 0.1) is 23.9 Å². The van der Waals surface area contributed by atoms with Crippen LogP contribution in [-0.4, -0.2) is 6.61 Å². The minimum atomic E-state index is 0.669. The number of anilines is 1. The fourth-order valence-corrected chi connectivity index (χ4v) is 1.90. The van der Waals surface area contributed by atoms with Gasteiger partial charge in [-0.1, -0.05) is 31.2 Å². The molecule has 0 heterocycles. The molecule has 3 heteroatoms. The number of nitrogens with one attached hydrogen (secondary N) is 1. The van der Waals surface area contributed by atoms with E-state index in [1.165, 1.54) is 0 Å². The molecule has 0 fully saturated rings. The first kappa shape index (κ1) is 14.0. The Labute approximate surface area is 119 Å². The number of hydrogen-bond donors (Lipinski definition) is 1. The van der Waals surface area contributed by atoms with Gasteiger partial charge < -0.3 is 10.1 Å². The summed E-state index contributed by atoms with van der Waals surface area (Å²) in [7, 11) is 0. The van der Waals surface area contributed by atoms with Crippen LogP contribution in [0.5, 0.6) is 5.75 Å². The molecule has 0 bridgehead atoms. The Kier molecular flexibility index (Phi) is 5.02. The quantitative estimate of drug-likeness (QED) is 0.860. The molecular formula is C17H18N2O. The van der Waals surface area contributed by atoms with Crippen molar-refractivity contribution in [3.8, 4) is 11.8 Å². The van der Waals surface area contributed by atoms with Crippen LogP contribution in [0, 0.1) is 11.3 Å². The van der Waals surface area contributed by atoms with Crippen LogP contribution in [0.1, 0.15) is 24.5 Å². The summed E-state index contributed by atoms with van der Waals surface area (Å²) in [5, 5.41) is 12.3. The Balaban J connectivity index is 2.05. The number of benzene rings is 2. The summed E-state index contributed by atoms with van der Waals surface area (Å²) in [5.74, 6) is 0.866. The number of nitrogens with zero attached hydrogens (tertiary/aromatic N) is 1. The summed E-state index contributed by atoms with van der Waals surface area (Å²) in [5.41, 5.74) is 2.73. The Morgan fingerprint density at radius 2 is 2.00 bits per heavy atom. The molecule has 2 rings (SSSR count).